The average Bonchev–Trinajstić information content (AvgIpc) is 3.29. The minimum atomic E-state index is -5.00. The number of benzene rings is 3. The summed E-state index contributed by atoms with van der Waals surface area (Å²) < 4.78 is 86.7. The van der Waals surface area contributed by atoms with Gasteiger partial charge in [-0.15, -0.1) is 23.2 Å². The molecule has 0 spiro atoms. The third-order valence-electron chi connectivity index (χ3n) is 7.58. The number of alkyl halides is 5. The molecule has 1 heterocycles. The molecule has 0 radical (unpaired) electrons. The second kappa shape index (κ2) is 12.6. The van der Waals surface area contributed by atoms with E-state index in [0.29, 0.717) is 25.0 Å². The van der Waals surface area contributed by atoms with Gasteiger partial charge in [0.2, 0.25) is 5.91 Å². The van der Waals surface area contributed by atoms with Crippen molar-refractivity contribution in [2.45, 2.75) is 48.4 Å². The second-order valence-corrected chi connectivity index (χ2v) is 12.6. The molecule has 3 amide bonds. The van der Waals surface area contributed by atoms with Gasteiger partial charge in [0.1, 0.15) is 27.8 Å². The van der Waals surface area contributed by atoms with Crippen molar-refractivity contribution in [3.63, 3.8) is 0 Å². The van der Waals surface area contributed by atoms with E-state index in [2.05, 4.69) is 16.0 Å². The van der Waals surface area contributed by atoms with Crippen LogP contribution in [0, 0.1) is 23.4 Å². The van der Waals surface area contributed by atoms with Crippen LogP contribution in [0.3, 0.4) is 0 Å². The molecule has 3 aromatic rings. The lowest BCUT2D eigenvalue weighted by molar-refractivity contribution is -0.140. The first-order chi connectivity index (χ1) is 21.5. The number of hydrogen-bond donors (Lipinski definition) is 3. The van der Waals surface area contributed by atoms with Gasteiger partial charge in [-0.05, 0) is 67.8 Å². The molecule has 46 heavy (non-hydrogen) atoms. The second-order valence-electron chi connectivity index (χ2n) is 10.8. The van der Waals surface area contributed by atoms with E-state index in [1.54, 1.807) is 6.92 Å². The van der Waals surface area contributed by atoms with Gasteiger partial charge in [-0.2, -0.15) is 13.2 Å². The number of ether oxygens (including phenoxy) is 1. The smallest absolute Gasteiger partial charge is 0.365 e. The minimum Gasteiger partial charge on any atom is -0.365 e. The molecule has 3 aromatic carbocycles. The van der Waals surface area contributed by atoms with Crippen LogP contribution in [-0.4, -0.2) is 34.3 Å². The van der Waals surface area contributed by atoms with Crippen molar-refractivity contribution in [3.05, 3.63) is 87.7 Å². The lowest BCUT2D eigenvalue weighted by Crippen LogP contribution is -2.28. The van der Waals surface area contributed by atoms with Crippen LogP contribution in [0.4, 0.5) is 43.4 Å². The Morgan fingerprint density at radius 2 is 1.59 bits per heavy atom. The van der Waals surface area contributed by atoms with E-state index < -0.39 is 80.6 Å². The van der Waals surface area contributed by atoms with E-state index in [-0.39, 0.29) is 27.9 Å². The molecule has 0 unspecified atom stereocenters. The molecule has 7 nitrogen and oxygen atoms in total. The number of nitrogens with one attached hydrogen (secondary N) is 3. The molecule has 0 aromatic heterocycles. The Balaban J connectivity index is 1.30. The molecular weight excluding hydrogens is 687 g/mol. The van der Waals surface area contributed by atoms with Gasteiger partial charge >= 0.3 is 6.18 Å². The van der Waals surface area contributed by atoms with Crippen LogP contribution in [0.5, 0.6) is 0 Å². The highest BCUT2D eigenvalue weighted by molar-refractivity contribution is 6.53. The molecule has 1 saturated heterocycles. The van der Waals surface area contributed by atoms with Crippen molar-refractivity contribution in [1.82, 2.24) is 0 Å². The minimum absolute atomic E-state index is 0.0113. The third kappa shape index (κ3) is 6.78. The van der Waals surface area contributed by atoms with Gasteiger partial charge in [-0.3, -0.25) is 14.4 Å². The summed E-state index contributed by atoms with van der Waals surface area (Å²) >= 11 is 18.6. The maximum atomic E-state index is 15.2. The summed E-state index contributed by atoms with van der Waals surface area (Å²) in [7, 11) is 0. The molecule has 1 saturated carbocycles. The molecule has 2 aliphatic rings. The SMILES string of the molecule is C[C@H]1CC[C@@H](C(=O)Nc2c(F)ccc(NC(=O)c3cc(NC(=O)[C@H]4[C@H](c5ccc(F)c(C(F)(F)F)c5)C4(Cl)Cl)ccc3Cl)c2F)O1. The molecule has 4 atom stereocenters. The normalized spacial score (nSPS) is 21.9. The molecule has 1 aliphatic carbocycles. The number of amides is 3. The fourth-order valence-electron chi connectivity index (χ4n) is 5.17. The number of halogens is 9. The van der Waals surface area contributed by atoms with Gasteiger partial charge in [0, 0.05) is 11.6 Å². The van der Waals surface area contributed by atoms with Crippen molar-refractivity contribution in [2.24, 2.45) is 5.92 Å². The Bertz CT molecular complexity index is 1740. The van der Waals surface area contributed by atoms with Crippen molar-refractivity contribution in [2.75, 3.05) is 16.0 Å². The summed E-state index contributed by atoms with van der Waals surface area (Å²) in [6, 6.07) is 7.60. The van der Waals surface area contributed by atoms with Gasteiger partial charge in [-0.25, -0.2) is 13.2 Å². The topological polar surface area (TPSA) is 96.5 Å². The highest BCUT2D eigenvalue weighted by Crippen LogP contribution is 2.65. The predicted molar refractivity (Wildman–Crippen MR) is 159 cm³/mol. The van der Waals surface area contributed by atoms with Crippen molar-refractivity contribution >= 4 is 69.6 Å². The Labute approximate surface area is 272 Å². The van der Waals surface area contributed by atoms with Crippen LogP contribution >= 0.6 is 34.8 Å². The van der Waals surface area contributed by atoms with Crippen molar-refractivity contribution in [3.8, 4) is 0 Å². The van der Waals surface area contributed by atoms with Crippen LogP contribution in [0.1, 0.15) is 47.2 Å². The van der Waals surface area contributed by atoms with Crippen LogP contribution < -0.4 is 16.0 Å². The van der Waals surface area contributed by atoms with Crippen LogP contribution in [-0.2, 0) is 20.5 Å². The summed E-state index contributed by atoms with van der Waals surface area (Å²) in [6.07, 6.45) is -5.13. The highest BCUT2D eigenvalue weighted by Gasteiger charge is 2.67. The molecule has 3 N–H and O–H groups in total. The lowest BCUT2D eigenvalue weighted by atomic mass is 10.0. The van der Waals surface area contributed by atoms with Crippen LogP contribution in [0.25, 0.3) is 0 Å². The zero-order valence-corrected chi connectivity index (χ0v) is 25.6. The molecule has 16 heteroatoms. The Kier molecular flexibility index (Phi) is 9.26. The Morgan fingerprint density at radius 1 is 0.891 bits per heavy atom. The summed E-state index contributed by atoms with van der Waals surface area (Å²) in [5.41, 5.74) is -3.23. The predicted octanol–water partition coefficient (Wildman–Crippen LogP) is 8.06. The number of rotatable bonds is 7. The van der Waals surface area contributed by atoms with Gasteiger partial charge in [0.25, 0.3) is 11.8 Å². The fourth-order valence-corrected chi connectivity index (χ4v) is 6.20. The summed E-state index contributed by atoms with van der Waals surface area (Å²) in [5.74, 6) is -8.81. The average molecular weight is 709 g/mol. The molecular formula is C30H22Cl3F6N3O4. The maximum absolute atomic E-state index is 15.2. The Morgan fingerprint density at radius 3 is 2.24 bits per heavy atom. The number of carbonyl (C=O) groups is 3. The zero-order chi connectivity index (χ0) is 33.7. The van der Waals surface area contributed by atoms with E-state index in [9.17, 15) is 36.3 Å². The largest absolute Gasteiger partial charge is 0.419 e. The third-order valence-corrected chi connectivity index (χ3v) is 8.85. The van der Waals surface area contributed by atoms with E-state index in [1.165, 1.54) is 12.1 Å². The van der Waals surface area contributed by atoms with E-state index in [1.807, 2.05) is 0 Å². The van der Waals surface area contributed by atoms with Crippen LogP contribution in [0.15, 0.2) is 48.5 Å². The molecule has 5 rings (SSSR count). The molecule has 0 bridgehead atoms. The van der Waals surface area contributed by atoms with E-state index in [4.69, 9.17) is 39.5 Å². The van der Waals surface area contributed by atoms with Gasteiger partial charge in [0.15, 0.2) is 5.82 Å². The molecule has 244 valence electrons. The number of carbonyl (C=O) groups excluding carboxylic acids is 3. The number of hydrogen-bond acceptors (Lipinski definition) is 4. The first-order valence-corrected chi connectivity index (χ1v) is 14.7. The van der Waals surface area contributed by atoms with E-state index >= 15 is 4.39 Å². The van der Waals surface area contributed by atoms with Gasteiger partial charge < -0.3 is 20.7 Å². The summed E-state index contributed by atoms with van der Waals surface area (Å²) in [6.45, 7) is 1.76. The van der Waals surface area contributed by atoms with Gasteiger partial charge in [0.05, 0.1) is 33.9 Å². The van der Waals surface area contributed by atoms with Crippen molar-refractivity contribution < 1.29 is 45.5 Å². The zero-order valence-electron chi connectivity index (χ0n) is 23.4. The maximum Gasteiger partial charge on any atom is 0.419 e. The van der Waals surface area contributed by atoms with Crippen molar-refractivity contribution in [1.29, 1.82) is 0 Å². The number of anilines is 3. The first kappa shape index (κ1) is 33.8. The standard InChI is InChI=1S/C30H22Cl3F6N3O4/c1-12-2-9-21(46-12)27(44)42-25-19(35)7-8-20(24(25)36)41-26(43)15-11-14(4-5-17(15)31)40-28(45)23-22(29(23,32)33)13-3-6-18(34)16(10-13)30(37,38)39/h3-8,10-12,21-23H,2,9H2,1H3,(H,40,45)(H,41,43)(H,42,44)/t12-,21-,22-,23+/m0/s1. The van der Waals surface area contributed by atoms with Crippen LogP contribution in [0.2, 0.25) is 5.02 Å². The van der Waals surface area contributed by atoms with E-state index in [0.717, 1.165) is 24.3 Å². The lowest BCUT2D eigenvalue weighted by Gasteiger charge is -2.15. The fraction of sp³-hybridized carbons (Fsp3) is 0.300. The quantitative estimate of drug-likeness (QED) is 0.171. The summed E-state index contributed by atoms with van der Waals surface area (Å²) in [5, 5.41) is 6.72. The highest BCUT2D eigenvalue weighted by atomic mass is 35.5. The molecule has 2 fully saturated rings. The summed E-state index contributed by atoms with van der Waals surface area (Å²) in [4.78, 5) is 38.6. The Hall–Kier alpha value is -3.52. The van der Waals surface area contributed by atoms with Gasteiger partial charge in [-0.1, -0.05) is 17.7 Å². The molecule has 1 aliphatic heterocycles. The monoisotopic (exact) mass is 707 g/mol. The first-order valence-electron chi connectivity index (χ1n) is 13.6.